The molecule has 2 amide bonds. The van der Waals surface area contributed by atoms with Crippen LogP contribution >= 0.6 is 11.6 Å². The molecule has 1 N–H and O–H groups in total. The van der Waals surface area contributed by atoms with Gasteiger partial charge in [-0.3, -0.25) is 13.9 Å². The van der Waals surface area contributed by atoms with Crippen LogP contribution in [0.2, 0.25) is 5.02 Å². The molecule has 2 aromatic rings. The molecule has 9 heteroatoms. The lowest BCUT2D eigenvalue weighted by molar-refractivity contribution is -0.141. The molecule has 0 aliphatic rings. The van der Waals surface area contributed by atoms with Gasteiger partial charge in [-0.15, -0.1) is 0 Å². The molecule has 2 aromatic carbocycles. The van der Waals surface area contributed by atoms with Crippen LogP contribution in [0.25, 0.3) is 0 Å². The zero-order chi connectivity index (χ0) is 26.9. The number of amides is 2. The molecule has 0 heterocycles. The lowest BCUT2D eigenvalue weighted by Crippen LogP contribution is -2.49. The van der Waals surface area contributed by atoms with Crippen molar-refractivity contribution in [3.63, 3.8) is 0 Å². The van der Waals surface area contributed by atoms with Crippen LogP contribution < -0.4 is 9.62 Å². The number of nitrogens with one attached hydrogen (secondary N) is 1. The van der Waals surface area contributed by atoms with E-state index in [1.54, 1.807) is 23.1 Å². The average Bonchev–Trinajstić information content (AvgIpc) is 2.81. The number of hydrogen-bond donors (Lipinski definition) is 1. The highest BCUT2D eigenvalue weighted by molar-refractivity contribution is 7.92. The van der Waals surface area contributed by atoms with E-state index in [1.165, 1.54) is 4.31 Å². The van der Waals surface area contributed by atoms with Crippen LogP contribution in [0.3, 0.4) is 0 Å². The van der Waals surface area contributed by atoms with Crippen LogP contribution in [0.15, 0.2) is 48.5 Å². The van der Waals surface area contributed by atoms with Gasteiger partial charge in [0.1, 0.15) is 6.04 Å². The van der Waals surface area contributed by atoms with E-state index in [0.29, 0.717) is 30.1 Å². The van der Waals surface area contributed by atoms with E-state index >= 15 is 0 Å². The van der Waals surface area contributed by atoms with Gasteiger partial charge in [-0.25, -0.2) is 8.42 Å². The van der Waals surface area contributed by atoms with Gasteiger partial charge in [0, 0.05) is 31.1 Å². The van der Waals surface area contributed by atoms with Crippen molar-refractivity contribution >= 4 is 39.1 Å². The van der Waals surface area contributed by atoms with Crippen LogP contribution in [0, 0.1) is 12.8 Å². The summed E-state index contributed by atoms with van der Waals surface area (Å²) in [6.07, 6.45) is 2.00. The van der Waals surface area contributed by atoms with Gasteiger partial charge in [-0.2, -0.15) is 0 Å². The van der Waals surface area contributed by atoms with Crippen molar-refractivity contribution in [2.24, 2.45) is 5.92 Å². The molecule has 2 rings (SSSR count). The van der Waals surface area contributed by atoms with Crippen molar-refractivity contribution in [3.8, 4) is 0 Å². The predicted molar refractivity (Wildman–Crippen MR) is 147 cm³/mol. The second-order valence-corrected chi connectivity index (χ2v) is 11.8. The Morgan fingerprint density at radius 2 is 1.69 bits per heavy atom. The van der Waals surface area contributed by atoms with E-state index in [0.717, 1.165) is 17.4 Å². The highest BCUT2D eigenvalue weighted by Gasteiger charge is 2.29. The number of carbonyl (C=O) groups is 2. The van der Waals surface area contributed by atoms with Gasteiger partial charge in [0.25, 0.3) is 0 Å². The third-order valence-corrected chi connectivity index (χ3v) is 7.41. The van der Waals surface area contributed by atoms with E-state index in [4.69, 9.17) is 11.6 Å². The maximum Gasteiger partial charge on any atom is 0.242 e. The van der Waals surface area contributed by atoms with Crippen molar-refractivity contribution in [1.82, 2.24) is 10.2 Å². The van der Waals surface area contributed by atoms with Crippen molar-refractivity contribution in [2.75, 3.05) is 23.7 Å². The molecule has 0 fully saturated rings. The summed E-state index contributed by atoms with van der Waals surface area (Å²) in [6.45, 7) is 8.69. The van der Waals surface area contributed by atoms with Crippen LogP contribution in [0.1, 0.15) is 51.2 Å². The monoisotopic (exact) mass is 535 g/mol. The van der Waals surface area contributed by atoms with Crippen LogP contribution in [-0.2, 0) is 26.2 Å². The molecule has 198 valence electrons. The Morgan fingerprint density at radius 3 is 2.25 bits per heavy atom. The average molecular weight is 536 g/mol. The lowest BCUT2D eigenvalue weighted by Gasteiger charge is -2.31. The summed E-state index contributed by atoms with van der Waals surface area (Å²) in [5.41, 5.74) is 2.34. The molecular formula is C27H38ClN3O4S. The number of aryl methyl sites for hydroxylation is 1. The van der Waals surface area contributed by atoms with Gasteiger partial charge in [0.05, 0.1) is 11.9 Å². The first kappa shape index (κ1) is 29.6. The molecule has 0 aromatic heterocycles. The van der Waals surface area contributed by atoms with Gasteiger partial charge in [-0.1, -0.05) is 68.3 Å². The molecule has 0 spiro atoms. The summed E-state index contributed by atoms with van der Waals surface area (Å²) >= 11 is 6.37. The molecule has 0 bridgehead atoms. The summed E-state index contributed by atoms with van der Waals surface area (Å²) in [5, 5.41) is 3.46. The fourth-order valence-corrected chi connectivity index (χ4v) is 5.03. The molecule has 0 saturated heterocycles. The Labute approximate surface area is 220 Å². The Bertz CT molecular complexity index is 1120. The summed E-state index contributed by atoms with van der Waals surface area (Å²) in [5.74, 6) is -0.147. The van der Waals surface area contributed by atoms with Crippen molar-refractivity contribution < 1.29 is 18.0 Å². The predicted octanol–water partition coefficient (Wildman–Crippen LogP) is 4.77. The number of halogens is 1. The SMILES string of the molecule is CCC(C(=O)NCC(C)C)N(Cc1ccccc1Cl)C(=O)CCCN(c1ccc(C)cc1)S(C)(=O)=O. The maximum atomic E-state index is 13.4. The topological polar surface area (TPSA) is 86.8 Å². The largest absolute Gasteiger partial charge is 0.354 e. The number of benzene rings is 2. The van der Waals surface area contributed by atoms with Crippen LogP contribution in [0.4, 0.5) is 5.69 Å². The number of hydrogen-bond acceptors (Lipinski definition) is 4. The minimum Gasteiger partial charge on any atom is -0.354 e. The normalized spacial score (nSPS) is 12.3. The Kier molecular flexibility index (Phi) is 11.2. The minimum atomic E-state index is -3.53. The van der Waals surface area contributed by atoms with Gasteiger partial charge < -0.3 is 10.2 Å². The van der Waals surface area contributed by atoms with Crippen molar-refractivity contribution in [2.45, 2.75) is 59.5 Å². The first-order valence-corrected chi connectivity index (χ1v) is 14.5. The van der Waals surface area contributed by atoms with Gasteiger partial charge in [0.15, 0.2) is 0 Å². The first-order chi connectivity index (χ1) is 16.9. The molecule has 0 saturated carbocycles. The summed E-state index contributed by atoms with van der Waals surface area (Å²) in [6, 6.07) is 13.8. The molecule has 1 unspecified atom stereocenters. The molecule has 1 atom stereocenters. The second kappa shape index (κ2) is 13.7. The first-order valence-electron chi connectivity index (χ1n) is 12.3. The summed E-state index contributed by atoms with van der Waals surface area (Å²) in [4.78, 5) is 28.0. The van der Waals surface area contributed by atoms with Gasteiger partial charge >= 0.3 is 0 Å². The van der Waals surface area contributed by atoms with Crippen molar-refractivity contribution in [1.29, 1.82) is 0 Å². The smallest absolute Gasteiger partial charge is 0.242 e. The van der Waals surface area contributed by atoms with E-state index in [2.05, 4.69) is 5.32 Å². The number of sulfonamides is 1. The molecule has 0 radical (unpaired) electrons. The fraction of sp³-hybridized carbons (Fsp3) is 0.481. The molecule has 0 aliphatic heterocycles. The van der Waals surface area contributed by atoms with E-state index in [-0.39, 0.29) is 37.2 Å². The fourth-order valence-electron chi connectivity index (χ4n) is 3.87. The lowest BCUT2D eigenvalue weighted by atomic mass is 10.1. The van der Waals surface area contributed by atoms with E-state index < -0.39 is 16.1 Å². The number of rotatable bonds is 13. The molecule has 36 heavy (non-hydrogen) atoms. The maximum absolute atomic E-state index is 13.4. The Hall–Kier alpha value is -2.58. The third kappa shape index (κ3) is 8.82. The zero-order valence-corrected chi connectivity index (χ0v) is 23.4. The minimum absolute atomic E-state index is 0.0935. The van der Waals surface area contributed by atoms with Gasteiger partial charge in [-0.05, 0) is 49.4 Å². The second-order valence-electron chi connectivity index (χ2n) is 9.45. The van der Waals surface area contributed by atoms with E-state index in [9.17, 15) is 18.0 Å². The molecular weight excluding hydrogens is 498 g/mol. The molecule has 0 aliphatic carbocycles. The highest BCUT2D eigenvalue weighted by atomic mass is 35.5. The Balaban J connectivity index is 2.21. The number of anilines is 1. The zero-order valence-electron chi connectivity index (χ0n) is 21.8. The number of nitrogens with zero attached hydrogens (tertiary/aromatic N) is 2. The van der Waals surface area contributed by atoms with Crippen LogP contribution in [-0.4, -0.2) is 50.5 Å². The highest BCUT2D eigenvalue weighted by Crippen LogP contribution is 2.22. The third-order valence-electron chi connectivity index (χ3n) is 5.84. The standard InChI is InChI=1S/C27H38ClN3O4S/c1-6-25(27(33)29-18-20(2)3)30(19-22-10-7-8-11-24(22)28)26(32)12-9-17-31(36(5,34)35)23-15-13-21(4)14-16-23/h7-8,10-11,13-16,20,25H,6,9,12,17-19H2,1-5H3,(H,29,33). The quantitative estimate of drug-likeness (QED) is 0.400. The van der Waals surface area contributed by atoms with Crippen molar-refractivity contribution in [3.05, 3.63) is 64.7 Å². The Morgan fingerprint density at radius 1 is 1.06 bits per heavy atom. The molecule has 7 nitrogen and oxygen atoms in total. The van der Waals surface area contributed by atoms with Crippen LogP contribution in [0.5, 0.6) is 0 Å². The summed E-state index contributed by atoms with van der Waals surface area (Å²) in [7, 11) is -3.53. The van der Waals surface area contributed by atoms with Gasteiger partial charge in [0.2, 0.25) is 21.8 Å². The summed E-state index contributed by atoms with van der Waals surface area (Å²) < 4.78 is 26.2. The number of carbonyl (C=O) groups excluding carboxylic acids is 2. The van der Waals surface area contributed by atoms with E-state index in [1.807, 2.05) is 58.0 Å².